The van der Waals surface area contributed by atoms with Crippen LogP contribution >= 0.6 is 0 Å². The third-order valence-electron chi connectivity index (χ3n) is 9.72. The zero-order chi connectivity index (χ0) is 27.1. The number of piperidine rings is 1. The lowest BCUT2D eigenvalue weighted by atomic mass is 9.84. The number of carbonyl (C=O) groups is 1. The van der Waals surface area contributed by atoms with Crippen molar-refractivity contribution in [3.63, 3.8) is 0 Å². The zero-order valence-electron chi connectivity index (χ0n) is 23.6. The highest BCUT2D eigenvalue weighted by Gasteiger charge is 2.38. The first-order valence-corrected chi connectivity index (χ1v) is 15.5. The molecule has 1 aliphatic carbocycles. The Morgan fingerprint density at radius 1 is 0.872 bits per heavy atom. The second-order valence-corrected chi connectivity index (χ2v) is 12.8. The number of rotatable bonds is 11. The molecule has 5 heteroatoms. The number of aliphatic carboxylic acids is 1. The Morgan fingerprint density at radius 2 is 1.62 bits per heavy atom. The summed E-state index contributed by atoms with van der Waals surface area (Å²) in [6.07, 6.45) is 11.5. The molecule has 5 rings (SSSR count). The highest BCUT2D eigenvalue weighted by atomic mass is 16.4. The number of hydrogen-bond donors (Lipinski definition) is 2. The lowest BCUT2D eigenvalue weighted by Crippen LogP contribution is -2.46. The number of carboxylic acids is 1. The van der Waals surface area contributed by atoms with Crippen molar-refractivity contribution < 1.29 is 15.0 Å². The highest BCUT2D eigenvalue weighted by molar-refractivity contribution is 5.70. The number of aryl methyl sites for hydroxylation is 1. The minimum atomic E-state index is -0.794. The average Bonchev–Trinajstić information content (AvgIpc) is 3.33. The van der Waals surface area contributed by atoms with Gasteiger partial charge in [0.25, 0.3) is 0 Å². The average molecular weight is 533 g/mol. The Morgan fingerprint density at radius 3 is 2.36 bits per heavy atom. The number of hydrogen-bond acceptors (Lipinski definition) is 4. The van der Waals surface area contributed by atoms with Crippen LogP contribution in [0.2, 0.25) is 0 Å². The molecule has 1 saturated carbocycles. The second kappa shape index (κ2) is 13.4. The van der Waals surface area contributed by atoms with E-state index in [0.717, 1.165) is 63.2 Å². The summed E-state index contributed by atoms with van der Waals surface area (Å²) in [6, 6.07) is 19.1. The van der Waals surface area contributed by atoms with Crippen molar-refractivity contribution in [2.75, 3.05) is 39.3 Å². The van der Waals surface area contributed by atoms with Gasteiger partial charge in [-0.25, -0.2) is 0 Å². The molecule has 0 radical (unpaired) electrons. The topological polar surface area (TPSA) is 64.0 Å². The van der Waals surface area contributed by atoms with Crippen LogP contribution in [0.4, 0.5) is 0 Å². The fourth-order valence-electron chi connectivity index (χ4n) is 7.53. The summed E-state index contributed by atoms with van der Waals surface area (Å²) in [7, 11) is 0. The van der Waals surface area contributed by atoms with Crippen LogP contribution < -0.4 is 0 Å². The van der Waals surface area contributed by atoms with Gasteiger partial charge >= 0.3 is 5.97 Å². The van der Waals surface area contributed by atoms with Gasteiger partial charge in [-0.3, -0.25) is 4.79 Å². The van der Waals surface area contributed by atoms with Crippen molar-refractivity contribution in [2.45, 2.75) is 82.1 Å². The van der Waals surface area contributed by atoms with E-state index in [9.17, 15) is 9.90 Å². The molecule has 3 fully saturated rings. The molecule has 0 amide bonds. The normalized spacial score (nSPS) is 24.6. The molecule has 0 spiro atoms. The molecule has 0 bridgehead atoms. The molecular formula is C34H48N2O3. The molecule has 3 aliphatic rings. The fourth-order valence-corrected chi connectivity index (χ4v) is 7.53. The SMILES string of the molecule is O=C(O)Cc1cccc(CCCC2(O)CCN(C[C@H]3CN(CC4CCCCC4)C[C@@H]3c3ccccc3)CC2)c1. The molecule has 212 valence electrons. The number of likely N-dealkylation sites (tertiary alicyclic amines) is 2. The molecule has 39 heavy (non-hydrogen) atoms. The number of nitrogens with zero attached hydrogens (tertiary/aromatic N) is 2. The number of aliphatic hydroxyl groups is 1. The first kappa shape index (κ1) is 28.3. The van der Waals surface area contributed by atoms with Crippen LogP contribution in [0.25, 0.3) is 0 Å². The van der Waals surface area contributed by atoms with E-state index in [-0.39, 0.29) is 6.42 Å². The minimum Gasteiger partial charge on any atom is -0.481 e. The van der Waals surface area contributed by atoms with Gasteiger partial charge in [-0.05, 0) is 73.5 Å². The van der Waals surface area contributed by atoms with Crippen molar-refractivity contribution in [3.05, 3.63) is 71.3 Å². The summed E-state index contributed by atoms with van der Waals surface area (Å²) in [5, 5.41) is 20.4. The van der Waals surface area contributed by atoms with E-state index in [1.54, 1.807) is 0 Å². The van der Waals surface area contributed by atoms with Crippen molar-refractivity contribution >= 4 is 5.97 Å². The van der Waals surface area contributed by atoms with Crippen LogP contribution in [0.3, 0.4) is 0 Å². The van der Waals surface area contributed by atoms with Crippen LogP contribution in [0, 0.1) is 11.8 Å². The Labute approximate surface area is 235 Å². The standard InChI is InChI=1S/C34H48N2O3/c37-33(38)22-29-12-7-11-27(21-29)13-8-16-34(39)17-19-35(20-18-34)24-31-25-36(23-28-9-3-1-4-10-28)26-32(31)30-14-5-2-6-15-30/h2,5-7,11-12,14-15,21,28,31-32,39H,1,3-4,8-10,13,16-20,22-26H2,(H,37,38)/t31-,32+/m0/s1. The van der Waals surface area contributed by atoms with Crippen LogP contribution in [0.1, 0.15) is 80.4 Å². The quantitative estimate of drug-likeness (QED) is 0.385. The van der Waals surface area contributed by atoms with Crippen molar-refractivity contribution in [2.24, 2.45) is 11.8 Å². The van der Waals surface area contributed by atoms with Crippen LogP contribution in [-0.2, 0) is 17.6 Å². The van der Waals surface area contributed by atoms with Crippen molar-refractivity contribution in [3.8, 4) is 0 Å². The first-order valence-electron chi connectivity index (χ1n) is 15.5. The maximum Gasteiger partial charge on any atom is 0.307 e. The van der Waals surface area contributed by atoms with E-state index in [0.29, 0.717) is 11.8 Å². The zero-order valence-corrected chi connectivity index (χ0v) is 23.6. The van der Waals surface area contributed by atoms with E-state index in [4.69, 9.17) is 5.11 Å². The van der Waals surface area contributed by atoms with E-state index < -0.39 is 11.6 Å². The van der Waals surface area contributed by atoms with Crippen LogP contribution in [-0.4, -0.2) is 70.9 Å². The summed E-state index contributed by atoms with van der Waals surface area (Å²) in [5.74, 6) is 1.35. The molecular weight excluding hydrogens is 484 g/mol. The Hall–Kier alpha value is -2.21. The third-order valence-corrected chi connectivity index (χ3v) is 9.72. The van der Waals surface area contributed by atoms with Gasteiger partial charge in [0.05, 0.1) is 12.0 Å². The van der Waals surface area contributed by atoms with Gasteiger partial charge in [0.15, 0.2) is 0 Å². The van der Waals surface area contributed by atoms with E-state index >= 15 is 0 Å². The van der Waals surface area contributed by atoms with Gasteiger partial charge in [-0.15, -0.1) is 0 Å². The Balaban J connectivity index is 1.11. The van der Waals surface area contributed by atoms with E-state index in [2.05, 4.69) is 46.2 Å². The summed E-state index contributed by atoms with van der Waals surface area (Å²) in [5.41, 5.74) is 2.94. The maximum atomic E-state index is 11.3. The Kier molecular flexibility index (Phi) is 9.75. The van der Waals surface area contributed by atoms with E-state index in [1.807, 2.05) is 18.2 Å². The van der Waals surface area contributed by atoms with Crippen LogP contribution in [0.5, 0.6) is 0 Å². The van der Waals surface area contributed by atoms with Crippen LogP contribution in [0.15, 0.2) is 54.6 Å². The molecule has 5 nitrogen and oxygen atoms in total. The lowest BCUT2D eigenvalue weighted by Gasteiger charge is -2.40. The molecule has 0 aromatic heterocycles. The van der Waals surface area contributed by atoms with Gasteiger partial charge in [0.1, 0.15) is 0 Å². The molecule has 2 aliphatic heterocycles. The highest BCUT2D eigenvalue weighted by Crippen LogP contribution is 2.36. The minimum absolute atomic E-state index is 0.0675. The maximum absolute atomic E-state index is 11.3. The predicted octanol–water partition coefficient (Wildman–Crippen LogP) is 5.76. The molecule has 2 saturated heterocycles. The Bertz CT molecular complexity index is 1040. The monoisotopic (exact) mass is 532 g/mol. The van der Waals surface area contributed by atoms with Gasteiger partial charge in [0, 0.05) is 45.2 Å². The van der Waals surface area contributed by atoms with Gasteiger partial charge in [0.2, 0.25) is 0 Å². The summed E-state index contributed by atoms with van der Waals surface area (Å²) in [4.78, 5) is 16.4. The largest absolute Gasteiger partial charge is 0.481 e. The molecule has 2 N–H and O–H groups in total. The first-order chi connectivity index (χ1) is 19.0. The second-order valence-electron chi connectivity index (χ2n) is 12.8. The number of benzene rings is 2. The number of carboxylic acid groups (broad SMARTS) is 1. The van der Waals surface area contributed by atoms with Crippen molar-refractivity contribution in [1.82, 2.24) is 9.80 Å². The van der Waals surface area contributed by atoms with E-state index in [1.165, 1.54) is 62.9 Å². The lowest BCUT2D eigenvalue weighted by molar-refractivity contribution is -0.136. The predicted molar refractivity (Wildman–Crippen MR) is 157 cm³/mol. The third kappa shape index (κ3) is 8.15. The van der Waals surface area contributed by atoms with Gasteiger partial charge in [-0.2, -0.15) is 0 Å². The molecule has 2 atom stereocenters. The smallest absolute Gasteiger partial charge is 0.307 e. The van der Waals surface area contributed by atoms with Crippen molar-refractivity contribution in [1.29, 1.82) is 0 Å². The van der Waals surface area contributed by atoms with Gasteiger partial charge < -0.3 is 20.0 Å². The molecule has 0 unspecified atom stereocenters. The molecule has 2 aromatic carbocycles. The molecule has 2 heterocycles. The van der Waals surface area contributed by atoms with Gasteiger partial charge in [-0.1, -0.05) is 73.9 Å². The summed E-state index contributed by atoms with van der Waals surface area (Å²) >= 11 is 0. The summed E-state index contributed by atoms with van der Waals surface area (Å²) in [6.45, 7) is 6.76. The fraction of sp³-hybridized carbons (Fsp3) is 0.618. The molecule has 2 aromatic rings. The summed E-state index contributed by atoms with van der Waals surface area (Å²) < 4.78 is 0.